The summed E-state index contributed by atoms with van der Waals surface area (Å²) in [6.45, 7) is 0.101. The fraction of sp³-hybridized carbons (Fsp3) is 0.300. The van der Waals surface area contributed by atoms with Crippen molar-refractivity contribution in [2.24, 2.45) is 0 Å². The predicted molar refractivity (Wildman–Crippen MR) is 64.1 cm³/mol. The number of anilines is 1. The number of hydrogen-bond acceptors (Lipinski definition) is 3. The van der Waals surface area contributed by atoms with Gasteiger partial charge in [-0.3, -0.25) is 4.67 Å². The second-order valence-electron chi connectivity index (χ2n) is 3.90. The molecular formula is C10H14NO6P. The first kappa shape index (κ1) is 14.7. The molecular weight excluding hydrogens is 261 g/mol. The van der Waals surface area contributed by atoms with Crippen molar-refractivity contribution in [3.8, 4) is 0 Å². The summed E-state index contributed by atoms with van der Waals surface area (Å²) in [6.07, 6.45) is 0. The SMILES string of the molecule is C[C@@](CO)(C(=O)O)N(c1ccccc1)P(=O)(O)O. The van der Waals surface area contributed by atoms with Crippen LogP contribution in [0.2, 0.25) is 0 Å². The predicted octanol–water partition coefficient (Wildman–Crippen LogP) is 0.421. The quantitative estimate of drug-likeness (QED) is 0.575. The summed E-state index contributed by atoms with van der Waals surface area (Å²) in [5, 5.41) is 18.3. The van der Waals surface area contributed by atoms with Crippen LogP contribution in [0.15, 0.2) is 30.3 Å². The van der Waals surface area contributed by atoms with Crippen LogP contribution in [-0.4, -0.2) is 38.1 Å². The molecule has 0 saturated carbocycles. The molecule has 1 aromatic carbocycles. The maximum absolute atomic E-state index is 11.5. The van der Waals surface area contributed by atoms with Gasteiger partial charge in [0.05, 0.1) is 6.61 Å². The fourth-order valence-electron chi connectivity index (χ4n) is 1.52. The van der Waals surface area contributed by atoms with Crippen molar-refractivity contribution in [1.29, 1.82) is 0 Å². The van der Waals surface area contributed by atoms with E-state index < -0.39 is 25.9 Å². The maximum Gasteiger partial charge on any atom is 0.431 e. The van der Waals surface area contributed by atoms with Gasteiger partial charge in [0.15, 0.2) is 5.54 Å². The lowest BCUT2D eigenvalue weighted by Gasteiger charge is -2.37. The fourth-order valence-corrected chi connectivity index (χ4v) is 2.68. The minimum Gasteiger partial charge on any atom is -0.479 e. The molecule has 0 aliphatic heterocycles. The maximum atomic E-state index is 11.5. The molecule has 0 unspecified atom stereocenters. The van der Waals surface area contributed by atoms with E-state index in [1.807, 2.05) is 0 Å². The van der Waals surface area contributed by atoms with E-state index in [0.29, 0.717) is 4.67 Å². The number of rotatable bonds is 5. The normalized spacial score (nSPS) is 14.9. The largest absolute Gasteiger partial charge is 0.479 e. The summed E-state index contributed by atoms with van der Waals surface area (Å²) in [5.74, 6) is -1.53. The molecule has 100 valence electrons. The lowest BCUT2D eigenvalue weighted by molar-refractivity contribution is -0.143. The first-order valence-electron chi connectivity index (χ1n) is 4.99. The van der Waals surface area contributed by atoms with Crippen LogP contribution >= 0.6 is 7.75 Å². The highest BCUT2D eigenvalue weighted by molar-refractivity contribution is 7.53. The van der Waals surface area contributed by atoms with E-state index in [9.17, 15) is 24.3 Å². The van der Waals surface area contributed by atoms with Gasteiger partial charge in [-0.25, -0.2) is 9.36 Å². The van der Waals surface area contributed by atoms with Gasteiger partial charge in [-0.15, -0.1) is 0 Å². The van der Waals surface area contributed by atoms with Gasteiger partial charge in [-0.2, -0.15) is 0 Å². The summed E-state index contributed by atoms with van der Waals surface area (Å²) < 4.78 is 11.9. The van der Waals surface area contributed by atoms with E-state index in [2.05, 4.69) is 0 Å². The molecule has 4 N–H and O–H groups in total. The molecule has 0 radical (unpaired) electrons. The number of nitrogens with zero attached hydrogens (tertiary/aromatic N) is 1. The molecule has 0 saturated heterocycles. The number of aliphatic hydroxyl groups excluding tert-OH is 1. The van der Waals surface area contributed by atoms with E-state index in [0.717, 1.165) is 6.92 Å². The number of hydrogen-bond donors (Lipinski definition) is 4. The molecule has 7 nitrogen and oxygen atoms in total. The Balaban J connectivity index is 3.41. The summed E-state index contributed by atoms with van der Waals surface area (Å²) in [4.78, 5) is 29.8. The zero-order valence-electron chi connectivity index (χ0n) is 9.59. The number of carbonyl (C=O) groups is 1. The monoisotopic (exact) mass is 275 g/mol. The molecule has 0 spiro atoms. The van der Waals surface area contributed by atoms with Crippen LogP contribution in [0.1, 0.15) is 6.92 Å². The Labute approximate surface area is 104 Å². The van der Waals surface area contributed by atoms with Gasteiger partial charge in [0.2, 0.25) is 0 Å². The second kappa shape index (κ2) is 5.07. The van der Waals surface area contributed by atoms with Gasteiger partial charge in [-0.05, 0) is 19.1 Å². The van der Waals surface area contributed by atoms with Crippen LogP contribution in [0.5, 0.6) is 0 Å². The summed E-state index contributed by atoms with van der Waals surface area (Å²) >= 11 is 0. The molecule has 0 heterocycles. The van der Waals surface area contributed by atoms with Crippen LogP contribution in [0.4, 0.5) is 5.69 Å². The molecule has 1 aromatic rings. The van der Waals surface area contributed by atoms with Crippen LogP contribution < -0.4 is 4.67 Å². The highest BCUT2D eigenvalue weighted by Gasteiger charge is 2.47. The number of para-hydroxylation sites is 1. The van der Waals surface area contributed by atoms with Crippen LogP contribution in [0, 0.1) is 0 Å². The highest BCUT2D eigenvalue weighted by atomic mass is 31.2. The van der Waals surface area contributed by atoms with Gasteiger partial charge < -0.3 is 20.0 Å². The number of aliphatic hydroxyl groups is 1. The number of carboxylic acid groups (broad SMARTS) is 1. The Morgan fingerprint density at radius 1 is 1.33 bits per heavy atom. The zero-order chi connectivity index (χ0) is 14.0. The first-order valence-corrected chi connectivity index (χ1v) is 6.55. The van der Waals surface area contributed by atoms with Crippen molar-refractivity contribution in [2.75, 3.05) is 11.3 Å². The lowest BCUT2D eigenvalue weighted by atomic mass is 10.0. The van der Waals surface area contributed by atoms with Crippen molar-refractivity contribution in [2.45, 2.75) is 12.5 Å². The van der Waals surface area contributed by atoms with E-state index in [1.54, 1.807) is 6.07 Å². The van der Waals surface area contributed by atoms with Crippen molar-refractivity contribution in [3.05, 3.63) is 30.3 Å². The lowest BCUT2D eigenvalue weighted by Crippen LogP contribution is -2.53. The number of aliphatic carboxylic acids is 1. The molecule has 18 heavy (non-hydrogen) atoms. The third kappa shape index (κ3) is 2.70. The third-order valence-electron chi connectivity index (χ3n) is 2.50. The second-order valence-corrected chi connectivity index (χ2v) is 5.32. The van der Waals surface area contributed by atoms with Gasteiger partial charge in [0, 0.05) is 5.69 Å². The van der Waals surface area contributed by atoms with Gasteiger partial charge in [-0.1, -0.05) is 18.2 Å². The molecule has 1 rings (SSSR count). The number of carboxylic acids is 1. The van der Waals surface area contributed by atoms with E-state index in [1.165, 1.54) is 24.3 Å². The average Bonchev–Trinajstić information content (AvgIpc) is 2.28. The van der Waals surface area contributed by atoms with Crippen LogP contribution in [0.25, 0.3) is 0 Å². The van der Waals surface area contributed by atoms with Gasteiger partial charge >= 0.3 is 13.7 Å². The van der Waals surface area contributed by atoms with Crippen LogP contribution in [-0.2, 0) is 9.36 Å². The first-order chi connectivity index (χ1) is 8.23. The molecule has 0 bridgehead atoms. The smallest absolute Gasteiger partial charge is 0.431 e. The molecule has 1 atom stereocenters. The molecule has 0 aliphatic carbocycles. The highest BCUT2D eigenvalue weighted by Crippen LogP contribution is 2.48. The molecule has 0 aliphatic rings. The third-order valence-corrected chi connectivity index (χ3v) is 3.69. The topological polar surface area (TPSA) is 118 Å². The Morgan fingerprint density at radius 3 is 2.17 bits per heavy atom. The van der Waals surface area contributed by atoms with E-state index in [-0.39, 0.29) is 5.69 Å². The Morgan fingerprint density at radius 2 is 1.83 bits per heavy atom. The minimum absolute atomic E-state index is 0.0183. The summed E-state index contributed by atoms with van der Waals surface area (Å²) in [5.41, 5.74) is -2.09. The van der Waals surface area contributed by atoms with Crippen molar-refractivity contribution >= 4 is 19.4 Å². The van der Waals surface area contributed by atoms with Gasteiger partial charge in [0.1, 0.15) is 0 Å². The Hall–Kier alpha value is -1.40. The molecule has 0 fully saturated rings. The van der Waals surface area contributed by atoms with Crippen molar-refractivity contribution in [3.63, 3.8) is 0 Å². The van der Waals surface area contributed by atoms with Crippen molar-refractivity contribution in [1.82, 2.24) is 0 Å². The summed E-state index contributed by atoms with van der Waals surface area (Å²) in [7, 11) is -4.90. The van der Waals surface area contributed by atoms with Crippen molar-refractivity contribution < 1.29 is 29.4 Å². The number of benzene rings is 1. The Kier molecular flexibility index (Phi) is 4.13. The average molecular weight is 275 g/mol. The van der Waals surface area contributed by atoms with Crippen LogP contribution in [0.3, 0.4) is 0 Å². The molecule has 0 amide bonds. The summed E-state index contributed by atoms with van der Waals surface area (Å²) in [6, 6.07) is 7.36. The van der Waals surface area contributed by atoms with E-state index >= 15 is 0 Å². The minimum atomic E-state index is -4.90. The molecule has 8 heteroatoms. The standard InChI is InChI=1S/C10H14NO6P/c1-10(7-12,9(13)14)11(18(15,16)17)8-5-3-2-4-6-8/h2-6,12H,7H2,1H3,(H,13,14)(H2,15,16,17)/t10-/m1/s1. The van der Waals surface area contributed by atoms with E-state index in [4.69, 9.17) is 5.11 Å². The Bertz CT molecular complexity index is 473. The molecule has 0 aromatic heterocycles. The zero-order valence-corrected chi connectivity index (χ0v) is 10.5. The van der Waals surface area contributed by atoms with Gasteiger partial charge in [0.25, 0.3) is 0 Å².